The Labute approximate surface area is 131 Å². The molecular formula is C20H33N. The molecule has 2 rings (SSSR count). The van der Waals surface area contributed by atoms with Gasteiger partial charge in [-0.05, 0) is 48.6 Å². The minimum absolute atomic E-state index is 0.668. The molecule has 118 valence electrons. The zero-order valence-corrected chi connectivity index (χ0v) is 14.3. The summed E-state index contributed by atoms with van der Waals surface area (Å²) in [7, 11) is 0. The van der Waals surface area contributed by atoms with Crippen molar-refractivity contribution in [3.63, 3.8) is 0 Å². The van der Waals surface area contributed by atoms with Crippen LogP contribution in [0.2, 0.25) is 0 Å². The molecule has 2 atom stereocenters. The maximum atomic E-state index is 3.93. The second-order valence-corrected chi connectivity index (χ2v) is 7.47. The Bertz CT molecular complexity index is 388. The molecule has 1 aliphatic rings. The van der Waals surface area contributed by atoms with Crippen molar-refractivity contribution < 1.29 is 0 Å². The van der Waals surface area contributed by atoms with Crippen LogP contribution in [-0.4, -0.2) is 12.6 Å². The first-order valence-electron chi connectivity index (χ1n) is 8.88. The molecule has 0 spiro atoms. The third-order valence-corrected chi connectivity index (χ3v) is 5.32. The molecule has 1 aromatic rings. The van der Waals surface area contributed by atoms with Crippen molar-refractivity contribution in [2.24, 2.45) is 17.8 Å². The summed E-state index contributed by atoms with van der Waals surface area (Å²) in [6.45, 7) is 10.6. The third kappa shape index (κ3) is 4.57. The molecule has 0 bridgehead atoms. The molecule has 1 saturated carbocycles. The summed E-state index contributed by atoms with van der Waals surface area (Å²) in [5.74, 6) is 3.01. The second-order valence-electron chi connectivity index (χ2n) is 7.47. The van der Waals surface area contributed by atoms with Crippen molar-refractivity contribution in [1.82, 2.24) is 5.32 Å². The van der Waals surface area contributed by atoms with Crippen LogP contribution in [0, 0.1) is 17.8 Å². The van der Waals surface area contributed by atoms with Gasteiger partial charge < -0.3 is 5.32 Å². The molecule has 1 fully saturated rings. The van der Waals surface area contributed by atoms with Gasteiger partial charge in [-0.3, -0.25) is 0 Å². The van der Waals surface area contributed by atoms with Crippen LogP contribution in [0.15, 0.2) is 30.3 Å². The molecule has 1 aliphatic carbocycles. The normalized spacial score (nSPS) is 23.2. The first kappa shape index (κ1) is 16.5. The van der Waals surface area contributed by atoms with Crippen LogP contribution in [0.5, 0.6) is 0 Å². The molecule has 1 heteroatoms. The van der Waals surface area contributed by atoms with Crippen molar-refractivity contribution in [3.05, 3.63) is 35.9 Å². The lowest BCUT2D eigenvalue weighted by molar-refractivity contribution is 0.240. The zero-order valence-electron chi connectivity index (χ0n) is 14.3. The maximum absolute atomic E-state index is 3.93. The molecule has 1 aromatic carbocycles. The predicted molar refractivity (Wildman–Crippen MR) is 92.6 cm³/mol. The fraction of sp³-hybridized carbons (Fsp3) is 0.700. The smallest absolute Gasteiger partial charge is 0.0136 e. The molecule has 0 amide bonds. The van der Waals surface area contributed by atoms with E-state index in [1.165, 1.54) is 37.8 Å². The van der Waals surface area contributed by atoms with Gasteiger partial charge in [0.25, 0.3) is 0 Å². The van der Waals surface area contributed by atoms with Crippen LogP contribution in [0.25, 0.3) is 0 Å². The van der Waals surface area contributed by atoms with Gasteiger partial charge in [0.05, 0.1) is 0 Å². The first-order valence-corrected chi connectivity index (χ1v) is 8.88. The van der Waals surface area contributed by atoms with Gasteiger partial charge in [0.15, 0.2) is 0 Å². The Morgan fingerprint density at radius 1 is 0.952 bits per heavy atom. The van der Waals surface area contributed by atoms with Crippen LogP contribution in [0.1, 0.15) is 64.9 Å². The summed E-state index contributed by atoms with van der Waals surface area (Å²) >= 11 is 0. The summed E-state index contributed by atoms with van der Waals surface area (Å²) in [6, 6.07) is 11.8. The number of hydrogen-bond donors (Lipinski definition) is 1. The van der Waals surface area contributed by atoms with Gasteiger partial charge in [0, 0.05) is 6.04 Å². The van der Waals surface area contributed by atoms with E-state index in [9.17, 15) is 0 Å². The fourth-order valence-corrected chi connectivity index (χ4v) is 4.00. The summed E-state index contributed by atoms with van der Waals surface area (Å²) in [5, 5.41) is 3.93. The Kier molecular flexibility index (Phi) is 6.29. The Hall–Kier alpha value is -0.820. The first-order chi connectivity index (χ1) is 10.1. The molecule has 1 N–H and O–H groups in total. The summed E-state index contributed by atoms with van der Waals surface area (Å²) in [4.78, 5) is 0. The van der Waals surface area contributed by atoms with Gasteiger partial charge in [0.1, 0.15) is 0 Å². The molecule has 0 aliphatic heterocycles. The van der Waals surface area contributed by atoms with Crippen molar-refractivity contribution in [3.8, 4) is 0 Å². The van der Waals surface area contributed by atoms with Crippen molar-refractivity contribution in [2.75, 3.05) is 6.54 Å². The zero-order chi connectivity index (χ0) is 15.2. The van der Waals surface area contributed by atoms with Crippen LogP contribution in [-0.2, 0) is 0 Å². The Balaban J connectivity index is 1.99. The Morgan fingerprint density at radius 3 is 2.19 bits per heavy atom. The van der Waals surface area contributed by atoms with Crippen LogP contribution >= 0.6 is 0 Å². The highest BCUT2D eigenvalue weighted by Gasteiger charge is 2.27. The molecular weight excluding hydrogens is 254 g/mol. The lowest BCUT2D eigenvalue weighted by Crippen LogP contribution is -2.41. The van der Waals surface area contributed by atoms with E-state index in [0.717, 1.165) is 17.8 Å². The number of hydrogen-bond acceptors (Lipinski definition) is 1. The topological polar surface area (TPSA) is 12.0 Å². The predicted octanol–water partition coefficient (Wildman–Crippen LogP) is 5.23. The van der Waals surface area contributed by atoms with Crippen molar-refractivity contribution in [1.29, 1.82) is 0 Å². The lowest BCUT2D eigenvalue weighted by atomic mass is 9.79. The van der Waals surface area contributed by atoms with Crippen molar-refractivity contribution >= 4 is 0 Å². The SMILES string of the molecule is CC(C)C(CNC1CCCCC1c1ccccc1)C(C)C. The summed E-state index contributed by atoms with van der Waals surface area (Å²) < 4.78 is 0. The monoisotopic (exact) mass is 287 g/mol. The highest BCUT2D eigenvalue weighted by molar-refractivity contribution is 5.22. The lowest BCUT2D eigenvalue weighted by Gasteiger charge is -2.35. The van der Waals surface area contributed by atoms with Gasteiger partial charge in [-0.25, -0.2) is 0 Å². The summed E-state index contributed by atoms with van der Waals surface area (Å²) in [5.41, 5.74) is 1.53. The highest BCUT2D eigenvalue weighted by atomic mass is 14.9. The molecule has 0 heterocycles. The van der Waals surface area contributed by atoms with E-state index in [4.69, 9.17) is 0 Å². The molecule has 0 saturated heterocycles. The standard InChI is InChI=1S/C20H33N/c1-15(2)19(16(3)4)14-21-20-13-9-8-12-18(20)17-10-6-5-7-11-17/h5-7,10-11,15-16,18-21H,8-9,12-14H2,1-4H3. The number of nitrogens with one attached hydrogen (secondary N) is 1. The molecule has 0 aromatic heterocycles. The number of rotatable bonds is 6. The van der Waals surface area contributed by atoms with E-state index in [-0.39, 0.29) is 0 Å². The average molecular weight is 287 g/mol. The second kappa shape index (κ2) is 7.98. The summed E-state index contributed by atoms with van der Waals surface area (Å²) in [6.07, 6.45) is 5.45. The van der Waals surface area contributed by atoms with Crippen LogP contribution in [0.4, 0.5) is 0 Å². The van der Waals surface area contributed by atoms with E-state index in [1.54, 1.807) is 0 Å². The van der Waals surface area contributed by atoms with Crippen LogP contribution < -0.4 is 5.32 Å². The maximum Gasteiger partial charge on any atom is 0.0136 e. The van der Waals surface area contributed by atoms with E-state index in [1.807, 2.05) is 0 Å². The fourth-order valence-electron chi connectivity index (χ4n) is 4.00. The molecule has 21 heavy (non-hydrogen) atoms. The third-order valence-electron chi connectivity index (χ3n) is 5.32. The van der Waals surface area contributed by atoms with E-state index < -0.39 is 0 Å². The molecule has 0 radical (unpaired) electrons. The largest absolute Gasteiger partial charge is 0.313 e. The highest BCUT2D eigenvalue weighted by Crippen LogP contribution is 2.33. The molecule has 1 nitrogen and oxygen atoms in total. The molecule has 2 unspecified atom stereocenters. The van der Waals surface area contributed by atoms with Crippen molar-refractivity contribution in [2.45, 2.75) is 65.3 Å². The minimum Gasteiger partial charge on any atom is -0.313 e. The van der Waals surface area contributed by atoms with Gasteiger partial charge >= 0.3 is 0 Å². The quantitative estimate of drug-likeness (QED) is 0.755. The van der Waals surface area contributed by atoms with E-state index in [2.05, 4.69) is 63.3 Å². The van der Waals surface area contributed by atoms with E-state index in [0.29, 0.717) is 12.0 Å². The average Bonchev–Trinajstić information content (AvgIpc) is 2.48. The van der Waals surface area contributed by atoms with Gasteiger partial charge in [0.2, 0.25) is 0 Å². The number of benzene rings is 1. The van der Waals surface area contributed by atoms with Gasteiger partial charge in [-0.15, -0.1) is 0 Å². The Morgan fingerprint density at radius 2 is 1.57 bits per heavy atom. The minimum atomic E-state index is 0.668. The van der Waals surface area contributed by atoms with E-state index >= 15 is 0 Å². The van der Waals surface area contributed by atoms with Gasteiger partial charge in [-0.2, -0.15) is 0 Å². The van der Waals surface area contributed by atoms with Crippen LogP contribution in [0.3, 0.4) is 0 Å². The van der Waals surface area contributed by atoms with Gasteiger partial charge in [-0.1, -0.05) is 70.9 Å².